The average molecular weight is 312 g/mol. The van der Waals surface area contributed by atoms with Crippen LogP contribution in [0.15, 0.2) is 24.7 Å². The number of nitrogens with one attached hydrogen (secondary N) is 1. The van der Waals surface area contributed by atoms with Gasteiger partial charge in [-0.25, -0.2) is 9.97 Å². The molecule has 2 unspecified atom stereocenters. The van der Waals surface area contributed by atoms with Gasteiger partial charge in [0.2, 0.25) is 11.8 Å². The number of hydrogen-bond donors (Lipinski definition) is 1. The molecule has 4 heterocycles. The van der Waals surface area contributed by atoms with Crippen molar-refractivity contribution in [3.63, 3.8) is 0 Å². The van der Waals surface area contributed by atoms with Crippen molar-refractivity contribution in [1.82, 2.24) is 20.3 Å². The Kier molecular flexibility index (Phi) is 3.61. The first kappa shape index (κ1) is 14.4. The lowest BCUT2D eigenvalue weighted by atomic mass is 9.98. The van der Waals surface area contributed by atoms with Gasteiger partial charge >= 0.3 is 0 Å². The van der Waals surface area contributed by atoms with Crippen LogP contribution < -0.4 is 14.8 Å². The van der Waals surface area contributed by atoms with Crippen LogP contribution in [0.3, 0.4) is 0 Å². The number of fused-ring (bicyclic) bond motifs is 2. The van der Waals surface area contributed by atoms with E-state index in [4.69, 9.17) is 9.47 Å². The van der Waals surface area contributed by atoms with E-state index in [1.165, 1.54) is 19.2 Å². The van der Waals surface area contributed by atoms with E-state index in [-0.39, 0.29) is 6.10 Å². The molecule has 2 aliphatic rings. The average Bonchev–Trinajstić information content (AvgIpc) is 3.16. The zero-order valence-electron chi connectivity index (χ0n) is 13.3. The molecule has 0 aromatic carbocycles. The maximum absolute atomic E-state index is 6.14. The molecule has 2 fully saturated rings. The first-order valence-corrected chi connectivity index (χ1v) is 8.04. The molecule has 4 rings (SSSR count). The highest BCUT2D eigenvalue weighted by Crippen LogP contribution is 2.34. The second-order valence-electron chi connectivity index (χ2n) is 6.24. The summed E-state index contributed by atoms with van der Waals surface area (Å²) in [5.41, 5.74) is 1.64. The molecule has 2 bridgehead atoms. The van der Waals surface area contributed by atoms with Gasteiger partial charge in [0.25, 0.3) is 0 Å². The fraction of sp³-hybridized carbons (Fsp3) is 0.471. The number of ether oxygens (including phenoxy) is 2. The van der Waals surface area contributed by atoms with Crippen molar-refractivity contribution in [3.8, 4) is 17.5 Å². The Labute approximate surface area is 135 Å². The number of rotatable bonds is 4. The molecule has 1 N–H and O–H groups in total. The lowest BCUT2D eigenvalue weighted by Crippen LogP contribution is -2.32. The van der Waals surface area contributed by atoms with Crippen molar-refractivity contribution < 1.29 is 9.47 Å². The summed E-state index contributed by atoms with van der Waals surface area (Å²) in [5.74, 6) is 1.82. The van der Waals surface area contributed by atoms with Gasteiger partial charge in [0.1, 0.15) is 12.4 Å². The van der Waals surface area contributed by atoms with Crippen molar-refractivity contribution in [3.05, 3.63) is 35.9 Å². The minimum atomic E-state index is 0.190. The van der Waals surface area contributed by atoms with Gasteiger partial charge in [-0.1, -0.05) is 0 Å². The SMILES string of the molecule is Cc1ncccc1Oc1ncnc(O[C@H]2CC3CCC2N3)c1C. The van der Waals surface area contributed by atoms with Gasteiger partial charge < -0.3 is 14.8 Å². The Bertz CT molecular complexity index is 721. The molecule has 0 saturated carbocycles. The minimum absolute atomic E-state index is 0.190. The van der Waals surface area contributed by atoms with E-state index in [1.54, 1.807) is 6.20 Å². The molecule has 3 atom stereocenters. The molecule has 0 aliphatic carbocycles. The Morgan fingerprint density at radius 2 is 2.00 bits per heavy atom. The van der Waals surface area contributed by atoms with Crippen LogP contribution in [0.1, 0.15) is 30.5 Å². The fourth-order valence-corrected chi connectivity index (χ4v) is 3.37. The summed E-state index contributed by atoms with van der Waals surface area (Å²) in [6.07, 6.45) is 6.90. The largest absolute Gasteiger partial charge is 0.472 e. The second-order valence-corrected chi connectivity index (χ2v) is 6.24. The number of aryl methyl sites for hydroxylation is 1. The Balaban J connectivity index is 1.54. The van der Waals surface area contributed by atoms with Crippen molar-refractivity contribution in [2.24, 2.45) is 0 Å². The van der Waals surface area contributed by atoms with E-state index >= 15 is 0 Å². The van der Waals surface area contributed by atoms with Crippen LogP contribution in [0.2, 0.25) is 0 Å². The van der Waals surface area contributed by atoms with Gasteiger partial charge in [0.05, 0.1) is 11.3 Å². The summed E-state index contributed by atoms with van der Waals surface area (Å²) in [4.78, 5) is 12.8. The number of hydrogen-bond acceptors (Lipinski definition) is 6. The van der Waals surface area contributed by atoms with Crippen LogP contribution in [0.5, 0.6) is 17.5 Å². The monoisotopic (exact) mass is 312 g/mol. The van der Waals surface area contributed by atoms with Crippen LogP contribution in [0.25, 0.3) is 0 Å². The topological polar surface area (TPSA) is 69.2 Å². The second kappa shape index (κ2) is 5.77. The van der Waals surface area contributed by atoms with Crippen molar-refractivity contribution in [2.75, 3.05) is 0 Å². The van der Waals surface area contributed by atoms with Crippen LogP contribution >= 0.6 is 0 Å². The Morgan fingerprint density at radius 3 is 2.74 bits per heavy atom. The molecule has 6 heteroatoms. The summed E-state index contributed by atoms with van der Waals surface area (Å²) >= 11 is 0. The predicted molar refractivity (Wildman–Crippen MR) is 84.8 cm³/mol. The number of pyridine rings is 1. The fourth-order valence-electron chi connectivity index (χ4n) is 3.37. The van der Waals surface area contributed by atoms with Crippen molar-refractivity contribution in [1.29, 1.82) is 0 Å². The normalized spacial score (nSPS) is 25.6. The van der Waals surface area contributed by atoms with Gasteiger partial charge in [0.15, 0.2) is 5.75 Å². The van der Waals surface area contributed by atoms with Gasteiger partial charge in [0, 0.05) is 24.7 Å². The predicted octanol–water partition coefficient (Wildman–Crippen LogP) is 2.55. The quantitative estimate of drug-likeness (QED) is 0.935. The first-order chi connectivity index (χ1) is 11.2. The maximum atomic E-state index is 6.14. The number of aromatic nitrogens is 3. The zero-order valence-corrected chi connectivity index (χ0v) is 13.3. The minimum Gasteiger partial charge on any atom is -0.472 e. The van der Waals surface area contributed by atoms with Crippen LogP contribution in [0.4, 0.5) is 0 Å². The van der Waals surface area contributed by atoms with Gasteiger partial charge in [-0.3, -0.25) is 4.98 Å². The standard InChI is InChI=1S/C17H20N4O2/c1-10-16(22-14-4-3-7-18-11(14)2)19-9-20-17(10)23-15-8-12-5-6-13(15)21-12/h3-4,7,9,12-13,15,21H,5-6,8H2,1-2H3/t12?,13?,15-/m0/s1. The van der Waals surface area contributed by atoms with E-state index in [9.17, 15) is 0 Å². The van der Waals surface area contributed by atoms with Crippen LogP contribution in [-0.4, -0.2) is 33.1 Å². The van der Waals surface area contributed by atoms with Crippen molar-refractivity contribution >= 4 is 0 Å². The molecular formula is C17H20N4O2. The summed E-state index contributed by atoms with van der Waals surface area (Å²) in [6.45, 7) is 3.83. The van der Waals surface area contributed by atoms with E-state index < -0.39 is 0 Å². The summed E-state index contributed by atoms with van der Waals surface area (Å²) in [7, 11) is 0. The third-order valence-electron chi connectivity index (χ3n) is 4.66. The third-order valence-corrected chi connectivity index (χ3v) is 4.66. The van der Waals surface area contributed by atoms with Gasteiger partial charge in [-0.05, 0) is 38.8 Å². The van der Waals surface area contributed by atoms with E-state index in [2.05, 4.69) is 20.3 Å². The molecular weight excluding hydrogens is 292 g/mol. The lowest BCUT2D eigenvalue weighted by molar-refractivity contribution is 0.161. The van der Waals surface area contributed by atoms with E-state index in [0.29, 0.717) is 29.6 Å². The molecule has 2 aromatic rings. The molecule has 0 amide bonds. The van der Waals surface area contributed by atoms with Crippen LogP contribution in [-0.2, 0) is 0 Å². The third kappa shape index (κ3) is 2.74. The molecule has 2 aliphatic heterocycles. The smallest absolute Gasteiger partial charge is 0.229 e. The van der Waals surface area contributed by atoms with Crippen LogP contribution in [0, 0.1) is 13.8 Å². The van der Waals surface area contributed by atoms with E-state index in [0.717, 1.165) is 17.7 Å². The Hall–Kier alpha value is -2.21. The highest BCUT2D eigenvalue weighted by molar-refractivity contribution is 5.37. The molecule has 0 spiro atoms. The van der Waals surface area contributed by atoms with E-state index in [1.807, 2.05) is 26.0 Å². The summed E-state index contributed by atoms with van der Waals surface area (Å²) in [6, 6.07) is 4.77. The van der Waals surface area contributed by atoms with Gasteiger partial charge in [-0.2, -0.15) is 0 Å². The zero-order chi connectivity index (χ0) is 15.8. The maximum Gasteiger partial charge on any atom is 0.229 e. The summed E-state index contributed by atoms with van der Waals surface area (Å²) < 4.78 is 12.0. The lowest BCUT2D eigenvalue weighted by Gasteiger charge is -2.22. The molecule has 2 saturated heterocycles. The molecule has 2 aromatic heterocycles. The number of nitrogens with zero attached hydrogens (tertiary/aromatic N) is 3. The molecule has 0 radical (unpaired) electrons. The van der Waals surface area contributed by atoms with Crippen molar-refractivity contribution in [2.45, 2.75) is 51.3 Å². The van der Waals surface area contributed by atoms with Gasteiger partial charge in [-0.15, -0.1) is 0 Å². The molecule has 6 nitrogen and oxygen atoms in total. The highest BCUT2D eigenvalue weighted by Gasteiger charge is 2.40. The summed E-state index contributed by atoms with van der Waals surface area (Å²) in [5, 5.41) is 3.57. The Morgan fingerprint density at radius 1 is 1.13 bits per heavy atom. The molecule has 23 heavy (non-hydrogen) atoms. The molecule has 120 valence electrons. The first-order valence-electron chi connectivity index (χ1n) is 8.04. The highest BCUT2D eigenvalue weighted by atomic mass is 16.5.